The van der Waals surface area contributed by atoms with Gasteiger partial charge in [-0.05, 0) is 42.5 Å². The monoisotopic (exact) mass is 385 g/mol. The molecule has 1 aromatic heterocycles. The van der Waals surface area contributed by atoms with Crippen molar-refractivity contribution in [3.8, 4) is 0 Å². The Balaban J connectivity index is 1.44. The van der Waals surface area contributed by atoms with E-state index >= 15 is 0 Å². The Bertz CT molecular complexity index is 936. The van der Waals surface area contributed by atoms with Gasteiger partial charge in [0.25, 0.3) is 0 Å². The van der Waals surface area contributed by atoms with Crippen molar-refractivity contribution in [3.63, 3.8) is 0 Å². The third-order valence-corrected chi connectivity index (χ3v) is 4.61. The van der Waals surface area contributed by atoms with Crippen molar-refractivity contribution < 1.29 is 13.2 Å². The summed E-state index contributed by atoms with van der Waals surface area (Å²) >= 11 is 0. The number of rotatable bonds is 4. The van der Waals surface area contributed by atoms with Crippen LogP contribution in [0.5, 0.6) is 0 Å². The lowest BCUT2D eigenvalue weighted by Crippen LogP contribution is -2.47. The van der Waals surface area contributed by atoms with Gasteiger partial charge in [-0.15, -0.1) is 0 Å². The predicted molar refractivity (Wildman–Crippen MR) is 102 cm³/mol. The molecule has 8 heteroatoms. The molecule has 1 fully saturated rings. The lowest BCUT2D eigenvalue weighted by molar-refractivity contribution is 0.590. The van der Waals surface area contributed by atoms with Gasteiger partial charge < -0.3 is 15.1 Å². The van der Waals surface area contributed by atoms with Crippen LogP contribution in [0.15, 0.2) is 54.7 Å². The standard InChI is InChI=1S/C20H18F3N5/c21-14-4-6-15(7-5-14)27-10-12-28(13-11-27)20-24-9-8-18(26-20)25-19-16(22)2-1-3-17(19)23/h1-9H,10-13H2,(H,24,25,26). The zero-order valence-electron chi connectivity index (χ0n) is 14.9. The number of nitrogens with zero attached hydrogens (tertiary/aromatic N) is 4. The molecule has 0 amide bonds. The highest BCUT2D eigenvalue weighted by molar-refractivity contribution is 5.58. The van der Waals surface area contributed by atoms with Crippen LogP contribution in [0, 0.1) is 17.5 Å². The van der Waals surface area contributed by atoms with E-state index in [1.54, 1.807) is 24.4 Å². The zero-order chi connectivity index (χ0) is 19.5. The minimum Gasteiger partial charge on any atom is -0.368 e. The van der Waals surface area contributed by atoms with Crippen molar-refractivity contribution in [2.24, 2.45) is 0 Å². The van der Waals surface area contributed by atoms with Crippen LogP contribution < -0.4 is 15.1 Å². The minimum absolute atomic E-state index is 0.242. The molecule has 0 radical (unpaired) electrons. The molecule has 2 aromatic carbocycles. The molecule has 144 valence electrons. The van der Waals surface area contributed by atoms with Crippen LogP contribution in [0.1, 0.15) is 0 Å². The molecule has 5 nitrogen and oxygen atoms in total. The fraction of sp³-hybridized carbons (Fsp3) is 0.200. The summed E-state index contributed by atoms with van der Waals surface area (Å²) in [6.07, 6.45) is 1.55. The van der Waals surface area contributed by atoms with Crippen LogP contribution in [0.3, 0.4) is 0 Å². The van der Waals surface area contributed by atoms with E-state index in [0.717, 1.165) is 18.8 Å². The number of hydrogen-bond donors (Lipinski definition) is 1. The first kappa shape index (κ1) is 18.1. The van der Waals surface area contributed by atoms with Crippen molar-refractivity contribution in [2.75, 3.05) is 41.3 Å². The molecule has 0 saturated carbocycles. The third kappa shape index (κ3) is 3.85. The Morgan fingerprint density at radius 1 is 0.786 bits per heavy atom. The summed E-state index contributed by atoms with van der Waals surface area (Å²) < 4.78 is 40.8. The number of piperazine rings is 1. The Morgan fingerprint density at radius 3 is 2.11 bits per heavy atom. The molecular weight excluding hydrogens is 367 g/mol. The Morgan fingerprint density at radius 2 is 1.43 bits per heavy atom. The first-order valence-corrected chi connectivity index (χ1v) is 8.90. The second kappa shape index (κ2) is 7.75. The number of para-hydroxylation sites is 1. The van der Waals surface area contributed by atoms with E-state index in [9.17, 15) is 13.2 Å². The molecule has 0 unspecified atom stereocenters. The average molecular weight is 385 g/mol. The summed E-state index contributed by atoms with van der Waals surface area (Å²) in [5.74, 6) is -0.831. The smallest absolute Gasteiger partial charge is 0.227 e. The number of halogens is 3. The summed E-state index contributed by atoms with van der Waals surface area (Å²) in [5.41, 5.74) is 0.723. The molecule has 1 saturated heterocycles. The molecule has 1 aliphatic heterocycles. The SMILES string of the molecule is Fc1ccc(N2CCN(c3nccc(Nc4c(F)cccc4F)n3)CC2)cc1. The van der Waals surface area contributed by atoms with Crippen molar-refractivity contribution in [3.05, 3.63) is 72.2 Å². The van der Waals surface area contributed by atoms with Crippen molar-refractivity contribution in [1.29, 1.82) is 0 Å². The minimum atomic E-state index is -0.687. The number of anilines is 4. The van der Waals surface area contributed by atoms with E-state index < -0.39 is 11.6 Å². The van der Waals surface area contributed by atoms with Crippen LogP contribution >= 0.6 is 0 Å². The maximum Gasteiger partial charge on any atom is 0.227 e. The first-order chi connectivity index (χ1) is 13.6. The molecule has 0 aliphatic carbocycles. The Hall–Kier alpha value is -3.29. The van der Waals surface area contributed by atoms with Gasteiger partial charge in [0.05, 0.1) is 0 Å². The number of hydrogen-bond acceptors (Lipinski definition) is 5. The van der Waals surface area contributed by atoms with E-state index in [4.69, 9.17) is 0 Å². The van der Waals surface area contributed by atoms with Gasteiger partial charge in [-0.2, -0.15) is 4.98 Å². The van der Waals surface area contributed by atoms with E-state index in [-0.39, 0.29) is 11.5 Å². The Kier molecular flexibility index (Phi) is 5.01. The number of nitrogens with one attached hydrogen (secondary N) is 1. The maximum absolute atomic E-state index is 13.8. The summed E-state index contributed by atoms with van der Waals surface area (Å²) in [4.78, 5) is 12.8. The quantitative estimate of drug-likeness (QED) is 0.736. The molecule has 1 N–H and O–H groups in total. The number of aromatic nitrogens is 2. The van der Waals surface area contributed by atoms with Crippen LogP contribution in [-0.2, 0) is 0 Å². The molecular formula is C20H18F3N5. The van der Waals surface area contributed by atoms with Gasteiger partial charge >= 0.3 is 0 Å². The molecule has 2 heterocycles. The van der Waals surface area contributed by atoms with Crippen LogP contribution in [0.4, 0.5) is 36.3 Å². The fourth-order valence-electron chi connectivity index (χ4n) is 3.13. The summed E-state index contributed by atoms with van der Waals surface area (Å²) in [5, 5.41) is 2.69. The second-order valence-electron chi connectivity index (χ2n) is 6.41. The van der Waals surface area contributed by atoms with E-state index in [1.807, 2.05) is 4.90 Å². The van der Waals surface area contributed by atoms with Crippen LogP contribution in [-0.4, -0.2) is 36.1 Å². The highest BCUT2D eigenvalue weighted by atomic mass is 19.1. The normalized spacial score (nSPS) is 14.2. The summed E-state index contributed by atoms with van der Waals surface area (Å²) in [6, 6.07) is 11.6. The molecule has 1 aliphatic rings. The average Bonchev–Trinajstić information content (AvgIpc) is 2.72. The first-order valence-electron chi connectivity index (χ1n) is 8.90. The largest absolute Gasteiger partial charge is 0.368 e. The van der Waals surface area contributed by atoms with Gasteiger partial charge in [-0.3, -0.25) is 0 Å². The molecule has 0 atom stereocenters. The van der Waals surface area contributed by atoms with E-state index in [1.165, 1.54) is 30.3 Å². The van der Waals surface area contributed by atoms with Crippen molar-refractivity contribution >= 4 is 23.1 Å². The summed E-state index contributed by atoms with van der Waals surface area (Å²) in [7, 11) is 0. The lowest BCUT2D eigenvalue weighted by Gasteiger charge is -2.36. The van der Waals surface area contributed by atoms with Gasteiger partial charge in [0.15, 0.2) is 0 Å². The van der Waals surface area contributed by atoms with Crippen LogP contribution in [0.25, 0.3) is 0 Å². The summed E-state index contributed by atoms with van der Waals surface area (Å²) in [6.45, 7) is 2.81. The molecule has 28 heavy (non-hydrogen) atoms. The third-order valence-electron chi connectivity index (χ3n) is 4.61. The maximum atomic E-state index is 13.8. The highest BCUT2D eigenvalue weighted by Gasteiger charge is 2.20. The van der Waals surface area contributed by atoms with Crippen molar-refractivity contribution in [1.82, 2.24) is 9.97 Å². The molecule has 3 aromatic rings. The predicted octanol–water partition coefficient (Wildman–Crippen LogP) is 3.96. The van der Waals surface area contributed by atoms with Gasteiger partial charge in [-0.25, -0.2) is 18.2 Å². The van der Waals surface area contributed by atoms with E-state index in [2.05, 4.69) is 20.2 Å². The van der Waals surface area contributed by atoms with Gasteiger partial charge in [0.2, 0.25) is 5.95 Å². The van der Waals surface area contributed by atoms with Gasteiger partial charge in [0, 0.05) is 38.1 Å². The van der Waals surface area contributed by atoms with E-state index in [0.29, 0.717) is 24.9 Å². The number of benzene rings is 2. The molecule has 0 spiro atoms. The highest BCUT2D eigenvalue weighted by Crippen LogP contribution is 2.24. The Labute approximate surface area is 160 Å². The van der Waals surface area contributed by atoms with Crippen LogP contribution in [0.2, 0.25) is 0 Å². The lowest BCUT2D eigenvalue weighted by atomic mass is 10.2. The second-order valence-corrected chi connectivity index (χ2v) is 6.41. The molecule has 4 rings (SSSR count). The van der Waals surface area contributed by atoms with Gasteiger partial charge in [0.1, 0.15) is 29.0 Å². The fourth-order valence-corrected chi connectivity index (χ4v) is 3.13. The zero-order valence-corrected chi connectivity index (χ0v) is 14.9. The topological polar surface area (TPSA) is 44.3 Å². The van der Waals surface area contributed by atoms with Crippen molar-refractivity contribution in [2.45, 2.75) is 0 Å². The van der Waals surface area contributed by atoms with Gasteiger partial charge in [-0.1, -0.05) is 6.07 Å². The molecule has 0 bridgehead atoms.